The average molecular weight is 324 g/mol. The molecule has 0 radical (unpaired) electrons. The van der Waals surface area contributed by atoms with Gasteiger partial charge in [-0.1, -0.05) is 40.9 Å². The summed E-state index contributed by atoms with van der Waals surface area (Å²) in [7, 11) is 0. The first kappa shape index (κ1) is 15.7. The second-order valence-corrected chi connectivity index (χ2v) is 5.53. The number of carbonyl (C=O) groups is 1. The molecule has 3 nitrogen and oxygen atoms in total. The molecule has 0 heterocycles. The summed E-state index contributed by atoms with van der Waals surface area (Å²) in [4.78, 5) is 12.1. The van der Waals surface area contributed by atoms with Gasteiger partial charge in [0.1, 0.15) is 5.75 Å². The monoisotopic (exact) mass is 323 g/mol. The number of carbonyl (C=O) groups excluding carboxylic acids is 1. The molecule has 110 valence electrons. The van der Waals surface area contributed by atoms with Crippen molar-refractivity contribution in [1.82, 2.24) is 0 Å². The van der Waals surface area contributed by atoms with Crippen LogP contribution in [0.1, 0.15) is 12.5 Å². The fourth-order valence-electron chi connectivity index (χ4n) is 1.70. The molecule has 2 aromatic rings. The number of hydrogen-bond donors (Lipinski definition) is 1. The zero-order valence-corrected chi connectivity index (χ0v) is 13.2. The third-order valence-corrected chi connectivity index (χ3v) is 3.42. The van der Waals surface area contributed by atoms with Gasteiger partial charge >= 0.3 is 0 Å². The van der Waals surface area contributed by atoms with Crippen molar-refractivity contribution in [2.24, 2.45) is 0 Å². The van der Waals surface area contributed by atoms with Crippen molar-refractivity contribution >= 4 is 34.8 Å². The summed E-state index contributed by atoms with van der Waals surface area (Å²) in [6.07, 6.45) is -0.676. The van der Waals surface area contributed by atoms with Gasteiger partial charge in [-0.05, 0) is 44.2 Å². The van der Waals surface area contributed by atoms with Crippen molar-refractivity contribution in [3.05, 3.63) is 58.1 Å². The first-order valence-electron chi connectivity index (χ1n) is 6.45. The lowest BCUT2D eigenvalue weighted by Crippen LogP contribution is -2.30. The lowest BCUT2D eigenvalue weighted by Gasteiger charge is -2.15. The molecular weight excluding hydrogens is 309 g/mol. The first-order valence-corrected chi connectivity index (χ1v) is 7.20. The van der Waals surface area contributed by atoms with Crippen molar-refractivity contribution in [2.75, 3.05) is 5.32 Å². The van der Waals surface area contributed by atoms with Gasteiger partial charge in [-0.15, -0.1) is 0 Å². The van der Waals surface area contributed by atoms with E-state index in [2.05, 4.69) is 5.32 Å². The van der Waals surface area contributed by atoms with E-state index in [1.54, 1.807) is 25.1 Å². The molecular formula is C16H15Cl2NO2. The Morgan fingerprint density at radius 1 is 1.14 bits per heavy atom. The molecule has 0 bridgehead atoms. The number of ether oxygens (including phenoxy) is 1. The van der Waals surface area contributed by atoms with E-state index in [9.17, 15) is 4.79 Å². The van der Waals surface area contributed by atoms with Gasteiger partial charge in [0.05, 0.1) is 5.02 Å². The molecule has 0 aliphatic carbocycles. The Morgan fingerprint density at radius 2 is 1.81 bits per heavy atom. The highest BCUT2D eigenvalue weighted by atomic mass is 35.5. The predicted molar refractivity (Wildman–Crippen MR) is 86.4 cm³/mol. The van der Waals surface area contributed by atoms with E-state index in [1.165, 1.54) is 0 Å². The maximum Gasteiger partial charge on any atom is 0.265 e. The summed E-state index contributed by atoms with van der Waals surface area (Å²) < 4.78 is 5.56. The molecule has 2 aromatic carbocycles. The molecule has 21 heavy (non-hydrogen) atoms. The summed E-state index contributed by atoms with van der Waals surface area (Å²) in [6.45, 7) is 3.65. The van der Waals surface area contributed by atoms with Crippen LogP contribution in [0, 0.1) is 6.92 Å². The molecule has 0 aliphatic rings. The number of benzene rings is 2. The quantitative estimate of drug-likeness (QED) is 0.885. The zero-order chi connectivity index (χ0) is 15.4. The van der Waals surface area contributed by atoms with Gasteiger partial charge in [-0.2, -0.15) is 0 Å². The molecule has 1 amide bonds. The van der Waals surface area contributed by atoms with Crippen LogP contribution in [0.4, 0.5) is 5.69 Å². The molecule has 2 rings (SSSR count). The largest absolute Gasteiger partial charge is 0.479 e. The van der Waals surface area contributed by atoms with Crippen LogP contribution >= 0.6 is 23.2 Å². The third-order valence-electron chi connectivity index (χ3n) is 2.89. The van der Waals surface area contributed by atoms with Gasteiger partial charge in [-0.25, -0.2) is 0 Å². The first-order chi connectivity index (χ1) is 9.95. The van der Waals surface area contributed by atoms with Crippen LogP contribution in [0.5, 0.6) is 5.75 Å². The maximum absolute atomic E-state index is 12.1. The molecule has 1 N–H and O–H groups in total. The van der Waals surface area contributed by atoms with Crippen molar-refractivity contribution in [3.63, 3.8) is 0 Å². The highest BCUT2D eigenvalue weighted by Gasteiger charge is 2.16. The van der Waals surface area contributed by atoms with Gasteiger partial charge in [0.25, 0.3) is 5.91 Å². The Labute approximate surface area is 133 Å². The molecule has 0 spiro atoms. The second-order valence-electron chi connectivity index (χ2n) is 4.69. The standard InChI is InChI=1S/C16H15Cl2NO2/c1-10-3-6-13(7-4-10)19-16(20)11(2)21-15-8-5-12(17)9-14(15)18/h3-9,11H,1-2H3,(H,19,20). The Bertz CT molecular complexity index is 641. The smallest absolute Gasteiger partial charge is 0.265 e. The third kappa shape index (κ3) is 4.38. The SMILES string of the molecule is Cc1ccc(NC(=O)C(C)Oc2ccc(Cl)cc2Cl)cc1. The summed E-state index contributed by atoms with van der Waals surface area (Å²) >= 11 is 11.8. The van der Waals surface area contributed by atoms with Crippen LogP contribution in [0.15, 0.2) is 42.5 Å². The number of anilines is 1. The lowest BCUT2D eigenvalue weighted by molar-refractivity contribution is -0.122. The molecule has 1 unspecified atom stereocenters. The van der Waals surface area contributed by atoms with E-state index in [0.717, 1.165) is 11.3 Å². The van der Waals surface area contributed by atoms with Crippen molar-refractivity contribution in [3.8, 4) is 5.75 Å². The Kier molecular flexibility index (Phi) is 5.10. The number of nitrogens with one attached hydrogen (secondary N) is 1. The van der Waals surface area contributed by atoms with Crippen LogP contribution in [-0.4, -0.2) is 12.0 Å². The summed E-state index contributed by atoms with van der Waals surface area (Å²) in [6, 6.07) is 12.4. The average Bonchev–Trinajstić information content (AvgIpc) is 2.44. The number of rotatable bonds is 4. The Balaban J connectivity index is 2.00. The van der Waals surface area contributed by atoms with Gasteiger partial charge in [0.15, 0.2) is 6.10 Å². The highest BCUT2D eigenvalue weighted by molar-refractivity contribution is 6.35. The van der Waals surface area contributed by atoms with Crippen LogP contribution < -0.4 is 10.1 Å². The second kappa shape index (κ2) is 6.83. The van der Waals surface area contributed by atoms with Crippen LogP contribution in [0.3, 0.4) is 0 Å². The van der Waals surface area contributed by atoms with Gasteiger partial charge < -0.3 is 10.1 Å². The summed E-state index contributed by atoms with van der Waals surface area (Å²) in [5.74, 6) is 0.178. The fraction of sp³-hybridized carbons (Fsp3) is 0.188. The minimum Gasteiger partial charge on any atom is -0.479 e. The highest BCUT2D eigenvalue weighted by Crippen LogP contribution is 2.28. The Morgan fingerprint density at radius 3 is 2.43 bits per heavy atom. The normalized spacial score (nSPS) is 11.8. The number of aryl methyl sites for hydroxylation is 1. The van der Waals surface area contributed by atoms with E-state index in [-0.39, 0.29) is 5.91 Å². The minimum absolute atomic E-state index is 0.245. The van der Waals surface area contributed by atoms with Crippen LogP contribution in [0.25, 0.3) is 0 Å². The van der Waals surface area contributed by atoms with E-state index >= 15 is 0 Å². The molecule has 0 saturated heterocycles. The molecule has 0 saturated carbocycles. The van der Waals surface area contributed by atoms with E-state index in [1.807, 2.05) is 31.2 Å². The van der Waals surface area contributed by atoms with E-state index in [0.29, 0.717) is 15.8 Å². The number of hydrogen-bond acceptors (Lipinski definition) is 2. The molecule has 1 atom stereocenters. The topological polar surface area (TPSA) is 38.3 Å². The van der Waals surface area contributed by atoms with Crippen LogP contribution in [0.2, 0.25) is 10.0 Å². The maximum atomic E-state index is 12.1. The van der Waals surface area contributed by atoms with Crippen LogP contribution in [-0.2, 0) is 4.79 Å². The lowest BCUT2D eigenvalue weighted by atomic mass is 10.2. The van der Waals surface area contributed by atoms with Crippen molar-refractivity contribution in [2.45, 2.75) is 20.0 Å². The van der Waals surface area contributed by atoms with Gasteiger partial charge in [0.2, 0.25) is 0 Å². The van der Waals surface area contributed by atoms with Crippen molar-refractivity contribution in [1.29, 1.82) is 0 Å². The number of halogens is 2. The van der Waals surface area contributed by atoms with Crippen molar-refractivity contribution < 1.29 is 9.53 Å². The fourth-order valence-corrected chi connectivity index (χ4v) is 2.15. The number of amides is 1. The Hall–Kier alpha value is -1.71. The minimum atomic E-state index is -0.676. The van der Waals surface area contributed by atoms with Gasteiger partial charge in [0, 0.05) is 10.7 Å². The summed E-state index contributed by atoms with van der Waals surface area (Å²) in [5.41, 5.74) is 1.86. The molecule has 0 fully saturated rings. The predicted octanol–water partition coefficient (Wildman–Crippen LogP) is 4.71. The van der Waals surface area contributed by atoms with Gasteiger partial charge in [-0.3, -0.25) is 4.79 Å². The molecule has 0 aliphatic heterocycles. The molecule has 5 heteroatoms. The zero-order valence-electron chi connectivity index (χ0n) is 11.7. The summed E-state index contributed by atoms with van der Waals surface area (Å²) in [5, 5.41) is 3.68. The molecule has 0 aromatic heterocycles. The van der Waals surface area contributed by atoms with E-state index < -0.39 is 6.10 Å². The van der Waals surface area contributed by atoms with E-state index in [4.69, 9.17) is 27.9 Å².